The van der Waals surface area contributed by atoms with E-state index in [2.05, 4.69) is 15.3 Å². The van der Waals surface area contributed by atoms with Gasteiger partial charge in [0.1, 0.15) is 17.0 Å². The highest BCUT2D eigenvalue weighted by Gasteiger charge is 2.22. The molecule has 4 aromatic rings. The predicted octanol–water partition coefficient (Wildman–Crippen LogP) is 5.45. The number of pyridine rings is 1. The highest BCUT2D eigenvalue weighted by atomic mass is 19.3. The molecule has 0 spiro atoms. The predicted molar refractivity (Wildman–Crippen MR) is 121 cm³/mol. The molecule has 34 heavy (non-hydrogen) atoms. The van der Waals surface area contributed by atoms with Crippen LogP contribution in [0.2, 0.25) is 0 Å². The summed E-state index contributed by atoms with van der Waals surface area (Å²) in [7, 11) is 0. The van der Waals surface area contributed by atoms with Crippen LogP contribution >= 0.6 is 0 Å². The van der Waals surface area contributed by atoms with Crippen molar-refractivity contribution in [3.63, 3.8) is 0 Å². The van der Waals surface area contributed by atoms with E-state index in [9.17, 15) is 13.6 Å². The van der Waals surface area contributed by atoms with Crippen LogP contribution in [-0.4, -0.2) is 28.5 Å². The van der Waals surface area contributed by atoms with Crippen molar-refractivity contribution in [2.75, 3.05) is 6.61 Å². The SMILES string of the molecule is CC(NC(N)=O)c1ccc2nc(-c3ccc(Oc4cccc(OCC(C)(F)F)c4)nc3)oc2c1. The van der Waals surface area contributed by atoms with Gasteiger partial charge in [0.2, 0.25) is 11.8 Å². The number of benzene rings is 2. The molecule has 2 heterocycles. The number of oxazole rings is 1. The van der Waals surface area contributed by atoms with Gasteiger partial charge in [0.25, 0.3) is 5.92 Å². The highest BCUT2D eigenvalue weighted by Crippen LogP contribution is 2.29. The summed E-state index contributed by atoms with van der Waals surface area (Å²) in [5, 5.41) is 2.62. The van der Waals surface area contributed by atoms with Crippen molar-refractivity contribution < 1.29 is 27.5 Å². The lowest BCUT2D eigenvalue weighted by Gasteiger charge is -2.12. The number of carbonyl (C=O) groups is 1. The number of ether oxygens (including phenoxy) is 2. The number of hydrogen-bond donors (Lipinski definition) is 2. The van der Waals surface area contributed by atoms with Crippen molar-refractivity contribution in [3.8, 4) is 28.8 Å². The third-order valence-corrected chi connectivity index (χ3v) is 4.77. The molecule has 2 amide bonds. The summed E-state index contributed by atoms with van der Waals surface area (Å²) in [4.78, 5) is 19.8. The Morgan fingerprint density at radius 2 is 1.97 bits per heavy atom. The standard InChI is InChI=1S/C24H22F2N4O4/c1-14(29-23(27)31)15-6-8-19-20(10-15)34-22(30-19)16-7-9-21(28-12-16)33-18-5-3-4-17(11-18)32-13-24(2,25)26/h3-12,14H,13H2,1-2H3,(H3,27,29,31). The first-order valence-corrected chi connectivity index (χ1v) is 10.4. The number of aromatic nitrogens is 2. The normalized spacial score (nSPS) is 12.4. The molecule has 0 saturated carbocycles. The number of hydrogen-bond acceptors (Lipinski definition) is 6. The molecule has 0 aliphatic heterocycles. The average Bonchev–Trinajstić information content (AvgIpc) is 3.21. The molecule has 0 aliphatic carbocycles. The Balaban J connectivity index is 1.47. The second-order valence-corrected chi connectivity index (χ2v) is 7.80. The number of urea groups is 1. The molecule has 8 nitrogen and oxygen atoms in total. The van der Waals surface area contributed by atoms with Gasteiger partial charge in [0, 0.05) is 25.3 Å². The number of rotatable bonds is 8. The van der Waals surface area contributed by atoms with Crippen LogP contribution in [0.3, 0.4) is 0 Å². The van der Waals surface area contributed by atoms with Gasteiger partial charge in [0.15, 0.2) is 12.2 Å². The number of alkyl halides is 2. The lowest BCUT2D eigenvalue weighted by molar-refractivity contribution is -0.0230. The van der Waals surface area contributed by atoms with E-state index >= 15 is 0 Å². The Hall–Kier alpha value is -4.21. The molecular formula is C24H22F2N4O4. The molecule has 0 radical (unpaired) electrons. The van der Waals surface area contributed by atoms with E-state index in [1.165, 1.54) is 6.07 Å². The number of amides is 2. The van der Waals surface area contributed by atoms with Crippen LogP contribution in [0.15, 0.2) is 65.2 Å². The minimum Gasteiger partial charge on any atom is -0.487 e. The van der Waals surface area contributed by atoms with Gasteiger partial charge in [-0.2, -0.15) is 0 Å². The second kappa shape index (κ2) is 9.34. The Labute approximate surface area is 193 Å². The molecule has 0 saturated heterocycles. The van der Waals surface area contributed by atoms with Crippen LogP contribution in [0.1, 0.15) is 25.5 Å². The molecule has 0 bridgehead atoms. The topological polar surface area (TPSA) is 112 Å². The number of halogens is 2. The minimum atomic E-state index is -2.93. The van der Waals surface area contributed by atoms with E-state index in [1.807, 2.05) is 13.0 Å². The summed E-state index contributed by atoms with van der Waals surface area (Å²) in [6.07, 6.45) is 1.55. The molecule has 2 aromatic carbocycles. The summed E-state index contributed by atoms with van der Waals surface area (Å²) in [5.41, 5.74) is 7.85. The second-order valence-electron chi connectivity index (χ2n) is 7.80. The molecule has 10 heteroatoms. The summed E-state index contributed by atoms with van der Waals surface area (Å²) in [6, 6.07) is 14.3. The third kappa shape index (κ3) is 5.77. The Kier molecular flexibility index (Phi) is 6.31. The zero-order chi connectivity index (χ0) is 24.3. The van der Waals surface area contributed by atoms with Crippen molar-refractivity contribution in [3.05, 3.63) is 66.4 Å². The first kappa shape index (κ1) is 23.0. The van der Waals surface area contributed by atoms with Gasteiger partial charge in [-0.1, -0.05) is 12.1 Å². The minimum absolute atomic E-state index is 0.266. The van der Waals surface area contributed by atoms with Crippen LogP contribution in [0.5, 0.6) is 17.4 Å². The molecule has 1 unspecified atom stereocenters. The Morgan fingerprint density at radius 3 is 2.68 bits per heavy atom. The van der Waals surface area contributed by atoms with Crippen LogP contribution in [0.4, 0.5) is 13.6 Å². The van der Waals surface area contributed by atoms with Gasteiger partial charge >= 0.3 is 6.03 Å². The van der Waals surface area contributed by atoms with Gasteiger partial charge in [-0.05, 0) is 42.8 Å². The zero-order valence-electron chi connectivity index (χ0n) is 18.4. The first-order valence-electron chi connectivity index (χ1n) is 10.4. The van der Waals surface area contributed by atoms with Crippen LogP contribution in [0.25, 0.3) is 22.6 Å². The van der Waals surface area contributed by atoms with E-state index in [0.29, 0.717) is 34.2 Å². The van der Waals surface area contributed by atoms with E-state index in [4.69, 9.17) is 19.6 Å². The maximum Gasteiger partial charge on any atom is 0.312 e. The fourth-order valence-electron chi connectivity index (χ4n) is 3.16. The fraction of sp³-hybridized carbons (Fsp3) is 0.208. The largest absolute Gasteiger partial charge is 0.487 e. The number of nitrogens with two attached hydrogens (primary N) is 1. The zero-order valence-corrected chi connectivity index (χ0v) is 18.4. The summed E-state index contributed by atoms with van der Waals surface area (Å²) >= 11 is 0. The van der Waals surface area contributed by atoms with Crippen LogP contribution in [0, 0.1) is 0 Å². The lowest BCUT2D eigenvalue weighted by Crippen LogP contribution is -2.31. The molecule has 1 atom stereocenters. The number of carbonyl (C=O) groups excluding carboxylic acids is 1. The van der Waals surface area contributed by atoms with Crippen LogP contribution in [-0.2, 0) is 0 Å². The quantitative estimate of drug-likeness (QED) is 0.356. The van der Waals surface area contributed by atoms with Crippen LogP contribution < -0.4 is 20.5 Å². The fourth-order valence-corrected chi connectivity index (χ4v) is 3.16. The molecule has 0 fully saturated rings. The highest BCUT2D eigenvalue weighted by molar-refractivity contribution is 5.77. The molecule has 0 aliphatic rings. The maximum atomic E-state index is 13.0. The van der Waals surface area contributed by atoms with Gasteiger partial charge in [0.05, 0.1) is 11.6 Å². The average molecular weight is 468 g/mol. The third-order valence-electron chi connectivity index (χ3n) is 4.77. The summed E-state index contributed by atoms with van der Waals surface area (Å²) in [6.45, 7) is 1.87. The van der Waals surface area contributed by atoms with Crippen molar-refractivity contribution >= 4 is 17.1 Å². The molecule has 176 valence electrons. The van der Waals surface area contributed by atoms with Crippen molar-refractivity contribution in [2.45, 2.75) is 25.8 Å². The van der Waals surface area contributed by atoms with Crippen molar-refractivity contribution in [2.24, 2.45) is 5.73 Å². The smallest absolute Gasteiger partial charge is 0.312 e. The number of nitrogens with one attached hydrogen (secondary N) is 1. The Bertz CT molecular complexity index is 1300. The lowest BCUT2D eigenvalue weighted by atomic mass is 10.1. The van der Waals surface area contributed by atoms with E-state index in [-0.39, 0.29) is 11.8 Å². The number of primary amides is 1. The van der Waals surface area contributed by atoms with Gasteiger partial charge < -0.3 is 24.9 Å². The maximum absolute atomic E-state index is 13.0. The first-order chi connectivity index (χ1) is 16.2. The summed E-state index contributed by atoms with van der Waals surface area (Å²) < 4.78 is 42.7. The molecule has 4 rings (SSSR count). The number of nitrogens with zero attached hydrogens (tertiary/aromatic N) is 2. The van der Waals surface area contributed by atoms with Gasteiger partial charge in [-0.25, -0.2) is 23.5 Å². The van der Waals surface area contributed by atoms with Gasteiger partial charge in [-0.3, -0.25) is 0 Å². The molecule has 2 aromatic heterocycles. The monoisotopic (exact) mass is 468 g/mol. The molecule has 3 N–H and O–H groups in total. The van der Waals surface area contributed by atoms with Crippen molar-refractivity contribution in [1.82, 2.24) is 15.3 Å². The van der Waals surface area contributed by atoms with E-state index in [1.54, 1.807) is 48.7 Å². The van der Waals surface area contributed by atoms with Crippen molar-refractivity contribution in [1.29, 1.82) is 0 Å². The van der Waals surface area contributed by atoms with E-state index < -0.39 is 18.6 Å². The summed E-state index contributed by atoms with van der Waals surface area (Å²) in [5.74, 6) is -1.60. The Morgan fingerprint density at radius 1 is 1.18 bits per heavy atom. The molecular weight excluding hydrogens is 446 g/mol. The van der Waals surface area contributed by atoms with E-state index in [0.717, 1.165) is 12.5 Å². The van der Waals surface area contributed by atoms with Gasteiger partial charge in [-0.15, -0.1) is 0 Å². The number of fused-ring (bicyclic) bond motifs is 1.